The fourth-order valence-electron chi connectivity index (χ4n) is 11.1. The molecule has 0 fully saturated rings. The Kier molecular flexibility index (Phi) is 8.09. The smallest absolute Gasteiger partial charge is 0.0548 e. The molecule has 2 heteroatoms. The Morgan fingerprint density at radius 3 is 1.89 bits per heavy atom. The van der Waals surface area contributed by atoms with Crippen LogP contribution in [0.3, 0.4) is 0 Å². The van der Waals surface area contributed by atoms with E-state index in [9.17, 15) is 0 Å². The number of rotatable bonds is 5. The Hall–Kier alpha value is -7.16. The molecule has 0 bridgehead atoms. The summed E-state index contributed by atoms with van der Waals surface area (Å²) in [6, 6.07) is 72.3. The normalized spacial score (nSPS) is 14.6. The summed E-state index contributed by atoms with van der Waals surface area (Å²) in [6.45, 7) is 9.74. The maximum absolute atomic E-state index is 2.56. The topological polar surface area (TPSA) is 9.86 Å². The number of para-hydroxylation sites is 2. The third-order valence-electron chi connectivity index (χ3n) is 14.2. The zero-order valence-electron chi connectivity index (χ0n) is 35.8. The van der Waals surface area contributed by atoms with Gasteiger partial charge in [0.05, 0.1) is 27.8 Å². The zero-order chi connectivity index (χ0) is 41.7. The van der Waals surface area contributed by atoms with Crippen LogP contribution in [0, 0.1) is 0 Å². The lowest BCUT2D eigenvalue weighted by atomic mass is 9.61. The van der Waals surface area contributed by atoms with E-state index in [4.69, 9.17) is 0 Å². The van der Waals surface area contributed by atoms with Gasteiger partial charge in [-0.05, 0) is 122 Å². The summed E-state index contributed by atoms with van der Waals surface area (Å²) in [5.41, 5.74) is 17.9. The first-order valence-electron chi connectivity index (χ1n) is 22.1. The van der Waals surface area contributed by atoms with Gasteiger partial charge in [0.25, 0.3) is 0 Å². The van der Waals surface area contributed by atoms with Crippen LogP contribution >= 0.6 is 0 Å². The van der Waals surface area contributed by atoms with Gasteiger partial charge < -0.3 is 9.13 Å². The van der Waals surface area contributed by atoms with Gasteiger partial charge in [0, 0.05) is 32.8 Å². The maximum Gasteiger partial charge on any atom is 0.0548 e. The Balaban J connectivity index is 1.11. The van der Waals surface area contributed by atoms with E-state index < -0.39 is 0 Å². The summed E-state index contributed by atoms with van der Waals surface area (Å²) >= 11 is 0. The van der Waals surface area contributed by atoms with Crippen molar-refractivity contribution >= 4 is 54.4 Å². The summed E-state index contributed by atoms with van der Waals surface area (Å²) < 4.78 is 4.99. The highest BCUT2D eigenvalue weighted by Gasteiger charge is 2.39. The van der Waals surface area contributed by atoms with E-state index >= 15 is 0 Å². The summed E-state index contributed by atoms with van der Waals surface area (Å²) in [5.74, 6) is 0. The Morgan fingerprint density at radius 1 is 0.371 bits per heavy atom. The Morgan fingerprint density at radius 2 is 1.00 bits per heavy atom. The third kappa shape index (κ3) is 5.49. The van der Waals surface area contributed by atoms with E-state index in [0.717, 1.165) is 5.69 Å². The van der Waals surface area contributed by atoms with Crippen LogP contribution in [0.25, 0.3) is 99.1 Å². The highest BCUT2D eigenvalue weighted by atomic mass is 15.0. The summed E-state index contributed by atoms with van der Waals surface area (Å²) in [4.78, 5) is 0. The third-order valence-corrected chi connectivity index (χ3v) is 14.2. The van der Waals surface area contributed by atoms with Gasteiger partial charge in [-0.2, -0.15) is 0 Å². The molecule has 12 rings (SSSR count). The molecule has 1 aliphatic rings. The molecule has 298 valence electrons. The molecule has 62 heavy (non-hydrogen) atoms. The van der Waals surface area contributed by atoms with Crippen molar-refractivity contribution in [3.8, 4) is 44.8 Å². The molecular weight excluding hydrogens is 749 g/mol. The van der Waals surface area contributed by atoms with Gasteiger partial charge in [0.15, 0.2) is 0 Å². The van der Waals surface area contributed by atoms with E-state index in [-0.39, 0.29) is 10.8 Å². The van der Waals surface area contributed by atoms with E-state index in [0.29, 0.717) is 0 Å². The van der Waals surface area contributed by atoms with Crippen molar-refractivity contribution in [2.75, 3.05) is 0 Å². The van der Waals surface area contributed by atoms with E-state index in [2.05, 4.69) is 231 Å². The van der Waals surface area contributed by atoms with Crippen molar-refractivity contribution in [1.82, 2.24) is 9.13 Å². The molecule has 2 nitrogen and oxygen atoms in total. The Labute approximate surface area is 363 Å². The summed E-state index contributed by atoms with van der Waals surface area (Å²) in [5, 5.41) is 7.60. The van der Waals surface area contributed by atoms with Gasteiger partial charge in [-0.15, -0.1) is 0 Å². The van der Waals surface area contributed by atoms with E-state index in [1.165, 1.54) is 117 Å². The highest BCUT2D eigenvalue weighted by molar-refractivity contribution is 6.25. The first kappa shape index (κ1) is 36.7. The maximum atomic E-state index is 2.56. The number of nitrogens with zero attached hydrogens (tertiary/aromatic N) is 2. The molecule has 0 radical (unpaired) electrons. The number of hydrogen-bond acceptors (Lipinski definition) is 0. The minimum atomic E-state index is 0.0607. The fourth-order valence-corrected chi connectivity index (χ4v) is 11.1. The molecule has 1 aliphatic carbocycles. The molecule has 0 spiro atoms. The van der Waals surface area contributed by atoms with Crippen LogP contribution < -0.4 is 0 Å². The quantitative estimate of drug-likeness (QED) is 0.164. The van der Waals surface area contributed by atoms with Crippen molar-refractivity contribution in [3.63, 3.8) is 0 Å². The van der Waals surface area contributed by atoms with Crippen LogP contribution in [0.1, 0.15) is 51.7 Å². The fraction of sp³-hybridized carbons (Fsp3) is 0.133. The highest BCUT2D eigenvalue weighted by Crippen LogP contribution is 2.51. The van der Waals surface area contributed by atoms with Gasteiger partial charge in [-0.3, -0.25) is 0 Å². The number of aromatic nitrogens is 2. The molecule has 2 aromatic heterocycles. The van der Waals surface area contributed by atoms with Gasteiger partial charge >= 0.3 is 0 Å². The van der Waals surface area contributed by atoms with E-state index in [1.807, 2.05) is 0 Å². The molecule has 0 unspecified atom stereocenters. The van der Waals surface area contributed by atoms with Crippen LogP contribution in [0.15, 0.2) is 194 Å². The van der Waals surface area contributed by atoms with Crippen LogP contribution in [0.4, 0.5) is 0 Å². The van der Waals surface area contributed by atoms with E-state index in [1.54, 1.807) is 0 Å². The number of benzene rings is 9. The van der Waals surface area contributed by atoms with Crippen LogP contribution in [0.2, 0.25) is 0 Å². The first-order valence-corrected chi connectivity index (χ1v) is 22.1. The summed E-state index contributed by atoms with van der Waals surface area (Å²) in [7, 11) is 0. The average molecular weight is 797 g/mol. The molecular formula is C60H48N2. The molecule has 0 amide bonds. The SMILES string of the molecule is CC1(C)CCC(C)(C)c2c(-c3ccccc3-n3c4cccc(-c5ccc6c(c5)c5ccccc5n6-c5cccc(-c6ccccc6)c5)c4c4c5ccccc5ccc43)cccc21. The molecule has 9 aromatic carbocycles. The Bertz CT molecular complexity index is 3580. The molecule has 11 aromatic rings. The first-order chi connectivity index (χ1) is 30.3. The van der Waals surface area contributed by atoms with Crippen molar-refractivity contribution in [1.29, 1.82) is 0 Å². The van der Waals surface area contributed by atoms with Gasteiger partial charge in [-0.1, -0.05) is 173 Å². The van der Waals surface area contributed by atoms with Crippen molar-refractivity contribution in [2.45, 2.75) is 51.4 Å². The standard InChI is InChI=1S/C60H48N2/c1-59(2)35-36-60(3,4)58-48(26-15-27-50(58)59)46-23-10-13-29-52(46)62-54-30-16-25-45(57(54)56-44-22-9-8-19-40(44)31-34-55(56)62)42-32-33-53-49(38-42)47-24-11-12-28-51(47)61(53)43-21-14-20-41(37-43)39-17-6-5-7-18-39/h5-34,37-38H,35-36H2,1-4H3. The minimum absolute atomic E-state index is 0.0607. The number of hydrogen-bond donors (Lipinski definition) is 0. The van der Waals surface area contributed by atoms with Gasteiger partial charge in [-0.25, -0.2) is 0 Å². The van der Waals surface area contributed by atoms with Crippen LogP contribution in [-0.2, 0) is 10.8 Å². The molecule has 0 atom stereocenters. The predicted octanol–water partition coefficient (Wildman–Crippen LogP) is 16.4. The second kappa shape index (κ2) is 13.7. The van der Waals surface area contributed by atoms with Crippen molar-refractivity contribution < 1.29 is 0 Å². The molecule has 0 saturated carbocycles. The minimum Gasteiger partial charge on any atom is -0.309 e. The van der Waals surface area contributed by atoms with Gasteiger partial charge in [0.1, 0.15) is 0 Å². The molecule has 0 saturated heterocycles. The lowest BCUT2D eigenvalue weighted by Gasteiger charge is -2.43. The van der Waals surface area contributed by atoms with Crippen LogP contribution in [-0.4, -0.2) is 9.13 Å². The second-order valence-electron chi connectivity index (χ2n) is 18.7. The molecule has 0 aliphatic heterocycles. The summed E-state index contributed by atoms with van der Waals surface area (Å²) in [6.07, 6.45) is 2.36. The lowest BCUT2D eigenvalue weighted by Crippen LogP contribution is -2.34. The second-order valence-corrected chi connectivity index (χ2v) is 18.7. The van der Waals surface area contributed by atoms with Crippen molar-refractivity contribution in [2.24, 2.45) is 0 Å². The molecule has 0 N–H and O–H groups in total. The number of fused-ring (bicyclic) bond motifs is 9. The predicted molar refractivity (Wildman–Crippen MR) is 264 cm³/mol. The zero-order valence-corrected chi connectivity index (χ0v) is 35.8. The van der Waals surface area contributed by atoms with Crippen LogP contribution in [0.5, 0.6) is 0 Å². The molecule has 2 heterocycles. The largest absolute Gasteiger partial charge is 0.309 e. The monoisotopic (exact) mass is 796 g/mol. The lowest BCUT2D eigenvalue weighted by molar-refractivity contribution is 0.333. The average Bonchev–Trinajstić information content (AvgIpc) is 3.84. The van der Waals surface area contributed by atoms with Gasteiger partial charge in [0.2, 0.25) is 0 Å². The van der Waals surface area contributed by atoms with Crippen molar-refractivity contribution in [3.05, 3.63) is 205 Å².